The molecule has 12 heteroatoms. The van der Waals surface area contributed by atoms with Crippen molar-refractivity contribution < 1.29 is 18.3 Å². The fourth-order valence-corrected chi connectivity index (χ4v) is 4.89. The summed E-state index contributed by atoms with van der Waals surface area (Å²) in [4.78, 5) is 6.67. The van der Waals surface area contributed by atoms with Crippen molar-refractivity contribution in [1.29, 1.82) is 0 Å². The molecule has 2 aliphatic heterocycles. The fourth-order valence-electron chi connectivity index (χ4n) is 4.75. The maximum atomic E-state index is 13.4. The molecule has 2 aromatic heterocycles. The SMILES string of the molecule is CN1CCC(CN(C)c2nn3c(-c4cccc(OC(F)(F)P)c4)nnc3c3c2N(C)CCO3)CC1. The molecule has 0 radical (unpaired) electrons. The van der Waals surface area contributed by atoms with Crippen LogP contribution in [-0.2, 0) is 0 Å². The van der Waals surface area contributed by atoms with Crippen LogP contribution in [-0.4, -0.2) is 84.5 Å². The number of aromatic nitrogens is 4. The van der Waals surface area contributed by atoms with Gasteiger partial charge >= 0.3 is 5.85 Å². The van der Waals surface area contributed by atoms with Crippen molar-refractivity contribution in [2.45, 2.75) is 18.7 Å². The molecule has 0 N–H and O–H groups in total. The zero-order valence-corrected chi connectivity index (χ0v) is 21.3. The molecule has 0 saturated carbocycles. The van der Waals surface area contributed by atoms with Crippen LogP contribution in [0.4, 0.5) is 20.3 Å². The number of anilines is 2. The van der Waals surface area contributed by atoms with Gasteiger partial charge in [-0.05, 0) is 60.3 Å². The maximum Gasteiger partial charge on any atom is 0.408 e. The molecule has 1 saturated heterocycles. The minimum Gasteiger partial charge on any atom is -0.486 e. The van der Waals surface area contributed by atoms with E-state index in [1.807, 2.05) is 7.05 Å². The summed E-state index contributed by atoms with van der Waals surface area (Å²) >= 11 is 0. The molecule has 9 nitrogen and oxygen atoms in total. The number of halogens is 2. The number of ether oxygens (including phenoxy) is 2. The van der Waals surface area contributed by atoms with E-state index in [2.05, 4.69) is 39.0 Å². The molecule has 2 aliphatic rings. The number of hydrogen-bond donors (Lipinski definition) is 0. The van der Waals surface area contributed by atoms with Gasteiger partial charge in [0.05, 0.1) is 6.54 Å². The lowest BCUT2D eigenvalue weighted by atomic mass is 9.96. The zero-order chi connectivity index (χ0) is 24.7. The van der Waals surface area contributed by atoms with Gasteiger partial charge in [0.15, 0.2) is 17.4 Å². The van der Waals surface area contributed by atoms with Crippen LogP contribution in [0.2, 0.25) is 0 Å². The van der Waals surface area contributed by atoms with Gasteiger partial charge in [-0.2, -0.15) is 13.3 Å². The molecule has 0 amide bonds. The van der Waals surface area contributed by atoms with Gasteiger partial charge in [0.2, 0.25) is 5.65 Å². The molecule has 35 heavy (non-hydrogen) atoms. The van der Waals surface area contributed by atoms with Gasteiger partial charge in [-0.15, -0.1) is 15.3 Å². The highest BCUT2D eigenvalue weighted by molar-refractivity contribution is 7.17. The van der Waals surface area contributed by atoms with Gasteiger partial charge in [0.25, 0.3) is 0 Å². The topological polar surface area (TPSA) is 71.3 Å². The van der Waals surface area contributed by atoms with Crippen molar-refractivity contribution in [1.82, 2.24) is 24.7 Å². The van der Waals surface area contributed by atoms with Crippen molar-refractivity contribution in [3.8, 4) is 22.9 Å². The van der Waals surface area contributed by atoms with E-state index < -0.39 is 5.85 Å². The molecule has 0 spiro atoms. The van der Waals surface area contributed by atoms with Crippen LogP contribution < -0.4 is 19.3 Å². The van der Waals surface area contributed by atoms with Crippen LogP contribution in [0.15, 0.2) is 24.3 Å². The standard InChI is InChI=1S/C23H30F2N7O2P/c1-29-9-7-15(8-10-29)14-31(3)21-18-19(33-12-11-30(18)2)22-27-26-20(32(22)28-21)16-5-4-6-17(13-16)34-23(24,25)35/h4-6,13,15H,7-12,14,35H2,1-3H3. The van der Waals surface area contributed by atoms with Gasteiger partial charge in [-0.25, -0.2) is 0 Å². The summed E-state index contributed by atoms with van der Waals surface area (Å²) in [5.74, 6) is -0.952. The minimum atomic E-state index is -3.37. The molecule has 1 unspecified atom stereocenters. The second-order valence-electron chi connectivity index (χ2n) is 9.35. The lowest BCUT2D eigenvalue weighted by molar-refractivity contribution is -0.0891. The minimum absolute atomic E-state index is 0.0211. The third-order valence-corrected chi connectivity index (χ3v) is 6.72. The Hall–Kier alpha value is -2.78. The summed E-state index contributed by atoms with van der Waals surface area (Å²) in [6.07, 6.45) is 2.28. The Bertz CT molecular complexity index is 1210. The Kier molecular flexibility index (Phi) is 6.40. The van der Waals surface area contributed by atoms with Crippen LogP contribution >= 0.6 is 9.24 Å². The molecular formula is C23H30F2N7O2P. The van der Waals surface area contributed by atoms with Crippen LogP contribution in [0.3, 0.4) is 0 Å². The Morgan fingerprint density at radius 1 is 1.20 bits per heavy atom. The van der Waals surface area contributed by atoms with Gasteiger partial charge in [0.1, 0.15) is 18.0 Å². The quantitative estimate of drug-likeness (QED) is 0.473. The van der Waals surface area contributed by atoms with Crippen molar-refractivity contribution in [2.75, 3.05) is 63.7 Å². The fraction of sp³-hybridized carbons (Fsp3) is 0.522. The van der Waals surface area contributed by atoms with Crippen LogP contribution in [0.5, 0.6) is 11.5 Å². The number of piperidine rings is 1. The van der Waals surface area contributed by atoms with E-state index in [0.29, 0.717) is 35.3 Å². The molecule has 5 rings (SSSR count). The first-order chi connectivity index (χ1) is 16.7. The van der Waals surface area contributed by atoms with E-state index in [4.69, 9.17) is 14.6 Å². The van der Waals surface area contributed by atoms with E-state index in [1.54, 1.807) is 16.6 Å². The lowest BCUT2D eigenvalue weighted by Gasteiger charge is -2.35. The van der Waals surface area contributed by atoms with Crippen molar-refractivity contribution in [3.05, 3.63) is 24.3 Å². The second kappa shape index (κ2) is 9.35. The number of likely N-dealkylation sites (tertiary alicyclic amines) is 1. The number of likely N-dealkylation sites (N-methyl/N-ethyl adjacent to an activating group) is 1. The summed E-state index contributed by atoms with van der Waals surface area (Å²) < 4.78 is 39.2. The number of rotatable bonds is 6. The summed E-state index contributed by atoms with van der Waals surface area (Å²) in [6, 6.07) is 6.38. The van der Waals surface area contributed by atoms with Crippen molar-refractivity contribution in [3.63, 3.8) is 0 Å². The van der Waals surface area contributed by atoms with Crippen LogP contribution in [0.1, 0.15) is 12.8 Å². The summed E-state index contributed by atoms with van der Waals surface area (Å²) in [6.45, 7) is 4.32. The first-order valence-corrected chi connectivity index (χ1v) is 12.3. The number of hydrogen-bond acceptors (Lipinski definition) is 8. The van der Waals surface area contributed by atoms with E-state index in [1.165, 1.54) is 21.4 Å². The van der Waals surface area contributed by atoms with Gasteiger partial charge in [-0.1, -0.05) is 12.1 Å². The third-order valence-electron chi connectivity index (χ3n) is 6.60. The number of nitrogens with zero attached hydrogens (tertiary/aromatic N) is 7. The number of fused-ring (bicyclic) bond motifs is 3. The van der Waals surface area contributed by atoms with Gasteiger partial charge in [-0.3, -0.25) is 0 Å². The molecule has 188 valence electrons. The predicted molar refractivity (Wildman–Crippen MR) is 134 cm³/mol. The van der Waals surface area contributed by atoms with Crippen LogP contribution in [0.25, 0.3) is 17.0 Å². The van der Waals surface area contributed by atoms with E-state index in [-0.39, 0.29) is 5.75 Å². The highest BCUT2D eigenvalue weighted by atomic mass is 31.0. The monoisotopic (exact) mass is 505 g/mol. The Balaban J connectivity index is 1.56. The lowest BCUT2D eigenvalue weighted by Crippen LogP contribution is -2.37. The summed E-state index contributed by atoms with van der Waals surface area (Å²) in [5.41, 5.74) is 1.93. The molecule has 1 aromatic carbocycles. The van der Waals surface area contributed by atoms with E-state index in [9.17, 15) is 8.78 Å². The first kappa shape index (κ1) is 23.9. The molecule has 4 heterocycles. The molecular weight excluding hydrogens is 475 g/mol. The van der Waals surface area contributed by atoms with E-state index in [0.717, 1.165) is 50.5 Å². The van der Waals surface area contributed by atoms with Crippen LogP contribution in [0, 0.1) is 5.92 Å². The summed E-state index contributed by atoms with van der Waals surface area (Å²) in [5, 5.41) is 13.6. The summed E-state index contributed by atoms with van der Waals surface area (Å²) in [7, 11) is 7.61. The Morgan fingerprint density at radius 2 is 1.97 bits per heavy atom. The first-order valence-electron chi connectivity index (χ1n) is 11.7. The Morgan fingerprint density at radius 3 is 2.71 bits per heavy atom. The van der Waals surface area contributed by atoms with Crippen molar-refractivity contribution in [2.24, 2.45) is 5.92 Å². The number of alkyl halides is 2. The molecule has 1 atom stereocenters. The molecule has 0 aliphatic carbocycles. The molecule has 3 aromatic rings. The molecule has 1 fully saturated rings. The average molecular weight is 506 g/mol. The van der Waals surface area contributed by atoms with Crippen molar-refractivity contribution >= 4 is 26.4 Å². The number of benzene rings is 1. The predicted octanol–water partition coefficient (Wildman–Crippen LogP) is 3.20. The normalized spacial score (nSPS) is 17.4. The third kappa shape index (κ3) is 4.97. The smallest absolute Gasteiger partial charge is 0.408 e. The Labute approximate surface area is 205 Å². The second-order valence-corrected chi connectivity index (χ2v) is 10.0. The molecule has 0 bridgehead atoms. The van der Waals surface area contributed by atoms with E-state index >= 15 is 0 Å². The highest BCUT2D eigenvalue weighted by Gasteiger charge is 2.30. The van der Waals surface area contributed by atoms with Gasteiger partial charge < -0.3 is 24.2 Å². The average Bonchev–Trinajstić information content (AvgIpc) is 3.23. The largest absolute Gasteiger partial charge is 0.486 e. The highest BCUT2D eigenvalue weighted by Crippen LogP contribution is 2.42. The zero-order valence-electron chi connectivity index (χ0n) is 20.1. The van der Waals surface area contributed by atoms with Gasteiger partial charge in [0, 0.05) is 26.2 Å². The maximum absolute atomic E-state index is 13.4.